The lowest BCUT2D eigenvalue weighted by Crippen LogP contribution is -2.26. The van der Waals surface area contributed by atoms with E-state index in [1.807, 2.05) is 48.5 Å². The quantitative estimate of drug-likeness (QED) is 0.674. The van der Waals surface area contributed by atoms with E-state index in [4.69, 9.17) is 14.2 Å². The molecule has 1 aliphatic rings. The van der Waals surface area contributed by atoms with Crippen LogP contribution in [0.5, 0.6) is 11.5 Å². The van der Waals surface area contributed by atoms with Crippen molar-refractivity contribution in [2.24, 2.45) is 0 Å². The van der Waals surface area contributed by atoms with Crippen LogP contribution < -0.4 is 25.4 Å². The number of anilines is 2. The Kier molecular flexibility index (Phi) is 7.43. The summed E-state index contributed by atoms with van der Waals surface area (Å²) >= 11 is 0. The molecule has 0 radical (unpaired) electrons. The summed E-state index contributed by atoms with van der Waals surface area (Å²) in [4.78, 5) is 0. The minimum atomic E-state index is 0.604. The molecule has 0 fully saturated rings. The van der Waals surface area contributed by atoms with Crippen LogP contribution in [-0.4, -0.2) is 52.6 Å². The summed E-state index contributed by atoms with van der Waals surface area (Å²) in [5, 5.41) is 10.1. The highest BCUT2D eigenvalue weighted by molar-refractivity contribution is 5.56. The Morgan fingerprint density at radius 3 is 1.62 bits per heavy atom. The fraction of sp³-hybridized carbons (Fsp3) is 0.400. The summed E-state index contributed by atoms with van der Waals surface area (Å²) in [6, 6.07) is 16.0. The lowest BCUT2D eigenvalue weighted by molar-refractivity contribution is 0.154. The first-order valence-electron chi connectivity index (χ1n) is 9.13. The van der Waals surface area contributed by atoms with Crippen LogP contribution in [0.4, 0.5) is 11.4 Å². The molecule has 0 bridgehead atoms. The third kappa shape index (κ3) is 5.82. The van der Waals surface area contributed by atoms with Crippen molar-refractivity contribution in [3.63, 3.8) is 0 Å². The minimum Gasteiger partial charge on any atom is -0.490 e. The van der Waals surface area contributed by atoms with Gasteiger partial charge in [0.1, 0.15) is 24.7 Å². The van der Waals surface area contributed by atoms with E-state index in [0.717, 1.165) is 49.1 Å². The lowest BCUT2D eigenvalue weighted by Gasteiger charge is -2.16. The molecule has 1 heterocycles. The summed E-state index contributed by atoms with van der Waals surface area (Å²) in [5.74, 6) is 1.73. The van der Waals surface area contributed by atoms with E-state index in [-0.39, 0.29) is 0 Å². The van der Waals surface area contributed by atoms with E-state index in [1.54, 1.807) is 0 Å². The van der Waals surface area contributed by atoms with Gasteiger partial charge >= 0.3 is 0 Å². The molecule has 0 amide bonds. The van der Waals surface area contributed by atoms with Crippen LogP contribution in [0, 0.1) is 0 Å². The van der Waals surface area contributed by atoms with Crippen molar-refractivity contribution >= 4 is 11.4 Å². The smallest absolute Gasteiger partial charge is 0.142 e. The molecule has 0 unspecified atom stereocenters. The average Bonchev–Trinajstić information content (AvgIpc) is 2.68. The van der Waals surface area contributed by atoms with Gasteiger partial charge < -0.3 is 30.2 Å². The van der Waals surface area contributed by atoms with Crippen molar-refractivity contribution in [1.29, 1.82) is 0 Å². The summed E-state index contributed by atoms with van der Waals surface area (Å²) in [6.07, 6.45) is 0. The summed E-state index contributed by atoms with van der Waals surface area (Å²) < 4.78 is 17.4. The molecule has 6 heteroatoms. The van der Waals surface area contributed by atoms with E-state index < -0.39 is 0 Å². The first kappa shape index (κ1) is 18.4. The molecule has 0 spiro atoms. The number of fused-ring (bicyclic) bond motifs is 2. The molecule has 26 heavy (non-hydrogen) atoms. The Morgan fingerprint density at radius 1 is 0.577 bits per heavy atom. The van der Waals surface area contributed by atoms with Gasteiger partial charge in [0.05, 0.1) is 24.6 Å². The molecule has 2 aromatic rings. The van der Waals surface area contributed by atoms with Crippen molar-refractivity contribution in [3.8, 4) is 11.5 Å². The van der Waals surface area contributed by atoms with Crippen LogP contribution in [0.25, 0.3) is 0 Å². The second-order valence-electron chi connectivity index (χ2n) is 5.91. The molecule has 2 aromatic carbocycles. The fourth-order valence-corrected chi connectivity index (χ4v) is 2.69. The maximum absolute atomic E-state index is 5.87. The van der Waals surface area contributed by atoms with Crippen molar-refractivity contribution in [1.82, 2.24) is 5.32 Å². The highest BCUT2D eigenvalue weighted by Crippen LogP contribution is 2.24. The maximum Gasteiger partial charge on any atom is 0.142 e. The first-order valence-corrected chi connectivity index (χ1v) is 9.13. The van der Waals surface area contributed by atoms with E-state index in [0.29, 0.717) is 26.4 Å². The molecular formula is C20H27N3O3. The SMILES string of the molecule is c1ccc2c(c1)NCCOCCNc1ccccc1OCCNCCO2. The zero-order valence-corrected chi connectivity index (χ0v) is 15.0. The molecule has 6 nitrogen and oxygen atoms in total. The van der Waals surface area contributed by atoms with Crippen LogP contribution in [0.2, 0.25) is 0 Å². The van der Waals surface area contributed by atoms with Crippen LogP contribution in [-0.2, 0) is 4.74 Å². The third-order valence-corrected chi connectivity index (χ3v) is 3.97. The number of para-hydroxylation sites is 4. The van der Waals surface area contributed by atoms with Crippen molar-refractivity contribution in [3.05, 3.63) is 48.5 Å². The summed E-state index contributed by atoms with van der Waals surface area (Å²) in [5.41, 5.74) is 1.99. The number of rotatable bonds is 0. The molecule has 0 saturated carbocycles. The number of ether oxygens (including phenoxy) is 3. The Balaban J connectivity index is 1.56. The zero-order valence-electron chi connectivity index (χ0n) is 15.0. The Bertz CT molecular complexity index is 555. The van der Waals surface area contributed by atoms with Crippen molar-refractivity contribution < 1.29 is 14.2 Å². The van der Waals surface area contributed by atoms with Crippen LogP contribution in [0.15, 0.2) is 48.5 Å². The predicted molar refractivity (Wildman–Crippen MR) is 105 cm³/mol. The van der Waals surface area contributed by atoms with Gasteiger partial charge in [0.15, 0.2) is 0 Å². The molecule has 0 aliphatic carbocycles. The molecule has 3 rings (SSSR count). The molecular weight excluding hydrogens is 330 g/mol. The molecule has 0 atom stereocenters. The van der Waals surface area contributed by atoms with E-state index in [9.17, 15) is 0 Å². The number of hydrogen-bond acceptors (Lipinski definition) is 6. The number of benzene rings is 2. The normalized spacial score (nSPS) is 16.9. The molecule has 1 aliphatic heterocycles. The third-order valence-electron chi connectivity index (χ3n) is 3.97. The average molecular weight is 357 g/mol. The monoisotopic (exact) mass is 357 g/mol. The van der Waals surface area contributed by atoms with Gasteiger partial charge in [-0.15, -0.1) is 0 Å². The van der Waals surface area contributed by atoms with Gasteiger partial charge in [-0.05, 0) is 24.3 Å². The van der Waals surface area contributed by atoms with Crippen LogP contribution >= 0.6 is 0 Å². The number of nitrogens with one attached hydrogen (secondary N) is 3. The number of hydrogen-bond donors (Lipinski definition) is 3. The topological polar surface area (TPSA) is 63.8 Å². The summed E-state index contributed by atoms with van der Waals surface area (Å²) in [7, 11) is 0. The van der Waals surface area contributed by atoms with Gasteiger partial charge in [0, 0.05) is 26.2 Å². The van der Waals surface area contributed by atoms with Gasteiger partial charge in [-0.1, -0.05) is 24.3 Å². The molecule has 0 aromatic heterocycles. The highest BCUT2D eigenvalue weighted by atomic mass is 16.5. The van der Waals surface area contributed by atoms with Gasteiger partial charge in [-0.25, -0.2) is 0 Å². The lowest BCUT2D eigenvalue weighted by atomic mass is 10.3. The fourth-order valence-electron chi connectivity index (χ4n) is 2.69. The van der Waals surface area contributed by atoms with Gasteiger partial charge in [-0.2, -0.15) is 0 Å². The van der Waals surface area contributed by atoms with Crippen molar-refractivity contribution in [2.75, 3.05) is 63.2 Å². The molecule has 3 N–H and O–H groups in total. The second kappa shape index (κ2) is 10.5. The van der Waals surface area contributed by atoms with Gasteiger partial charge in [-0.3, -0.25) is 0 Å². The van der Waals surface area contributed by atoms with Crippen LogP contribution in [0.3, 0.4) is 0 Å². The molecule has 0 saturated heterocycles. The molecule has 140 valence electrons. The van der Waals surface area contributed by atoms with Crippen LogP contribution in [0.1, 0.15) is 0 Å². The van der Waals surface area contributed by atoms with E-state index in [1.165, 1.54) is 0 Å². The summed E-state index contributed by atoms with van der Waals surface area (Å²) in [6.45, 7) is 5.48. The Hall–Kier alpha value is -2.44. The van der Waals surface area contributed by atoms with E-state index >= 15 is 0 Å². The Morgan fingerprint density at radius 2 is 1.08 bits per heavy atom. The van der Waals surface area contributed by atoms with E-state index in [2.05, 4.69) is 16.0 Å². The Labute approximate surface area is 154 Å². The standard InChI is InChI=1S/C20H27N3O3/c1-3-7-19-17(5-1)22-11-13-24-14-12-23-18-6-2-4-8-20(18)26-16-10-21-9-15-25-19/h1-8,21-23H,9-16H2. The first-order chi connectivity index (χ1) is 12.9. The van der Waals surface area contributed by atoms with Gasteiger partial charge in [0.2, 0.25) is 0 Å². The minimum absolute atomic E-state index is 0.604. The van der Waals surface area contributed by atoms with Gasteiger partial charge in [0.25, 0.3) is 0 Å². The van der Waals surface area contributed by atoms with Crippen molar-refractivity contribution in [2.45, 2.75) is 0 Å². The zero-order chi connectivity index (χ0) is 17.9. The largest absolute Gasteiger partial charge is 0.490 e. The second-order valence-corrected chi connectivity index (χ2v) is 5.91. The highest BCUT2D eigenvalue weighted by Gasteiger charge is 2.04. The predicted octanol–water partition coefficient (Wildman–Crippen LogP) is 2.59. The maximum atomic E-state index is 5.87.